The highest BCUT2D eigenvalue weighted by Gasteiger charge is 2.34. The Morgan fingerprint density at radius 2 is 2.17 bits per heavy atom. The van der Waals surface area contributed by atoms with Crippen molar-refractivity contribution in [3.63, 3.8) is 0 Å². The molecule has 0 spiro atoms. The summed E-state index contributed by atoms with van der Waals surface area (Å²) in [7, 11) is 0. The van der Waals surface area contributed by atoms with Crippen molar-refractivity contribution in [2.24, 2.45) is 5.73 Å². The second-order valence-electron chi connectivity index (χ2n) is 4.06. The molecule has 0 unspecified atom stereocenters. The fourth-order valence-corrected chi connectivity index (χ4v) is 2.84. The summed E-state index contributed by atoms with van der Waals surface area (Å²) in [4.78, 5) is 35.7. The first-order valence-electron chi connectivity index (χ1n) is 5.43. The number of thiophene rings is 1. The predicted molar refractivity (Wildman–Crippen MR) is 64.5 cm³/mol. The average molecular weight is 268 g/mol. The number of nitrogens with zero attached hydrogens (tertiary/aromatic N) is 1. The molecule has 7 heteroatoms. The van der Waals surface area contributed by atoms with Gasteiger partial charge in [-0.25, -0.2) is 4.79 Å². The van der Waals surface area contributed by atoms with E-state index in [1.165, 1.54) is 16.3 Å². The molecule has 1 aromatic rings. The number of carbonyl (C=O) groups excluding carboxylic acids is 2. The molecule has 0 saturated carbocycles. The Bertz CT molecular complexity index is 511. The topological polar surface area (TPSA) is 101 Å². The molecule has 0 aliphatic carbocycles. The lowest BCUT2D eigenvalue weighted by Gasteiger charge is -2.20. The summed E-state index contributed by atoms with van der Waals surface area (Å²) in [6, 6.07) is 0.642. The molecule has 2 amide bonds. The molecule has 0 aromatic carbocycles. The van der Waals surface area contributed by atoms with Gasteiger partial charge in [-0.1, -0.05) is 0 Å². The lowest BCUT2D eigenvalue weighted by Crippen LogP contribution is -2.40. The van der Waals surface area contributed by atoms with Gasteiger partial charge in [0.05, 0.1) is 10.4 Å². The maximum Gasteiger partial charge on any atom is 0.326 e. The van der Waals surface area contributed by atoms with Crippen LogP contribution in [0.25, 0.3) is 0 Å². The van der Waals surface area contributed by atoms with Crippen molar-refractivity contribution >= 4 is 29.1 Å². The third-order valence-electron chi connectivity index (χ3n) is 2.89. The van der Waals surface area contributed by atoms with Gasteiger partial charge in [0.15, 0.2) is 0 Å². The first kappa shape index (κ1) is 12.6. The third-order valence-corrected chi connectivity index (χ3v) is 3.81. The van der Waals surface area contributed by atoms with Crippen LogP contribution in [-0.2, 0) is 4.79 Å². The highest BCUT2D eigenvalue weighted by molar-refractivity contribution is 7.12. The van der Waals surface area contributed by atoms with Gasteiger partial charge in [-0.2, -0.15) is 0 Å². The Hall–Kier alpha value is -1.89. The lowest BCUT2D eigenvalue weighted by atomic mass is 10.2. The molecule has 1 aliphatic rings. The molecule has 2 heterocycles. The maximum absolute atomic E-state index is 12.1. The molecule has 0 bridgehead atoms. The second kappa shape index (κ2) is 4.77. The second-order valence-corrected chi connectivity index (χ2v) is 4.97. The van der Waals surface area contributed by atoms with Crippen molar-refractivity contribution in [2.45, 2.75) is 18.9 Å². The maximum atomic E-state index is 12.1. The van der Waals surface area contributed by atoms with E-state index < -0.39 is 17.9 Å². The van der Waals surface area contributed by atoms with E-state index in [1.807, 2.05) is 0 Å². The SMILES string of the molecule is NC(=O)c1csc(C(=O)N2CCC[C@@H]2C(=O)O)c1. The number of carboxylic acids is 1. The van der Waals surface area contributed by atoms with E-state index in [-0.39, 0.29) is 11.5 Å². The van der Waals surface area contributed by atoms with Crippen LogP contribution in [0.2, 0.25) is 0 Å². The Morgan fingerprint density at radius 1 is 1.44 bits per heavy atom. The number of rotatable bonds is 3. The molecule has 96 valence electrons. The average Bonchev–Trinajstić information content (AvgIpc) is 2.97. The van der Waals surface area contributed by atoms with Crippen molar-refractivity contribution < 1.29 is 19.5 Å². The molecule has 1 aromatic heterocycles. The summed E-state index contributed by atoms with van der Waals surface area (Å²) in [5, 5.41) is 10.5. The summed E-state index contributed by atoms with van der Waals surface area (Å²) in [6.07, 6.45) is 1.14. The number of hydrogen-bond donors (Lipinski definition) is 2. The van der Waals surface area contributed by atoms with E-state index in [0.29, 0.717) is 24.3 Å². The number of carboxylic acid groups (broad SMARTS) is 1. The molecule has 18 heavy (non-hydrogen) atoms. The van der Waals surface area contributed by atoms with E-state index in [9.17, 15) is 14.4 Å². The van der Waals surface area contributed by atoms with E-state index in [4.69, 9.17) is 10.8 Å². The zero-order valence-corrected chi connectivity index (χ0v) is 10.3. The fourth-order valence-electron chi connectivity index (χ4n) is 1.99. The van der Waals surface area contributed by atoms with Crippen LogP contribution >= 0.6 is 11.3 Å². The van der Waals surface area contributed by atoms with Gasteiger partial charge in [0, 0.05) is 11.9 Å². The molecule has 1 fully saturated rings. The molecule has 0 radical (unpaired) electrons. The van der Waals surface area contributed by atoms with Gasteiger partial charge in [0.1, 0.15) is 6.04 Å². The number of hydrogen-bond acceptors (Lipinski definition) is 4. The smallest absolute Gasteiger partial charge is 0.326 e. The molecule has 6 nitrogen and oxygen atoms in total. The van der Waals surface area contributed by atoms with Gasteiger partial charge in [-0.3, -0.25) is 9.59 Å². The monoisotopic (exact) mass is 268 g/mol. The van der Waals surface area contributed by atoms with Gasteiger partial charge >= 0.3 is 5.97 Å². The Balaban J connectivity index is 2.20. The van der Waals surface area contributed by atoms with Crippen molar-refractivity contribution in [1.29, 1.82) is 0 Å². The fraction of sp³-hybridized carbons (Fsp3) is 0.364. The van der Waals surface area contributed by atoms with Crippen LogP contribution in [0.4, 0.5) is 0 Å². The highest BCUT2D eigenvalue weighted by Crippen LogP contribution is 2.23. The minimum Gasteiger partial charge on any atom is -0.480 e. The van der Waals surface area contributed by atoms with Crippen molar-refractivity contribution in [2.75, 3.05) is 6.54 Å². The summed E-state index contributed by atoms with van der Waals surface area (Å²) < 4.78 is 0. The first-order valence-corrected chi connectivity index (χ1v) is 6.31. The van der Waals surface area contributed by atoms with Crippen LogP contribution in [0.1, 0.15) is 32.9 Å². The molecule has 3 N–H and O–H groups in total. The van der Waals surface area contributed by atoms with Crippen LogP contribution in [0, 0.1) is 0 Å². The van der Waals surface area contributed by atoms with E-state index in [2.05, 4.69) is 0 Å². The van der Waals surface area contributed by atoms with Crippen LogP contribution < -0.4 is 5.73 Å². The summed E-state index contributed by atoms with van der Waals surface area (Å²) in [5.41, 5.74) is 5.38. The summed E-state index contributed by atoms with van der Waals surface area (Å²) >= 11 is 1.10. The van der Waals surface area contributed by atoms with Gasteiger partial charge in [-0.05, 0) is 18.9 Å². The molecular weight excluding hydrogens is 256 g/mol. The number of nitrogens with two attached hydrogens (primary N) is 1. The third kappa shape index (κ3) is 2.21. The molecule has 1 saturated heterocycles. The number of carbonyl (C=O) groups is 3. The van der Waals surface area contributed by atoms with Gasteiger partial charge < -0.3 is 15.7 Å². The van der Waals surface area contributed by atoms with E-state index >= 15 is 0 Å². The number of likely N-dealkylation sites (tertiary alicyclic amines) is 1. The molecule has 1 atom stereocenters. The van der Waals surface area contributed by atoms with Gasteiger partial charge in [0.2, 0.25) is 5.91 Å². The van der Waals surface area contributed by atoms with E-state index in [1.54, 1.807) is 0 Å². The van der Waals surface area contributed by atoms with Gasteiger partial charge in [0.25, 0.3) is 5.91 Å². The minimum absolute atomic E-state index is 0.273. The zero-order valence-electron chi connectivity index (χ0n) is 9.46. The van der Waals surface area contributed by atoms with Crippen LogP contribution in [-0.4, -0.2) is 40.4 Å². The van der Waals surface area contributed by atoms with E-state index in [0.717, 1.165) is 11.3 Å². The normalized spacial score (nSPS) is 18.9. The quantitative estimate of drug-likeness (QED) is 0.835. The van der Waals surface area contributed by atoms with Crippen LogP contribution in [0.15, 0.2) is 11.4 Å². The number of amides is 2. The predicted octanol–water partition coefficient (Wildman–Crippen LogP) is 0.536. The molecule has 1 aliphatic heterocycles. The van der Waals surface area contributed by atoms with Crippen molar-refractivity contribution in [1.82, 2.24) is 4.90 Å². The summed E-state index contributed by atoms with van der Waals surface area (Å²) in [5.74, 6) is -1.94. The van der Waals surface area contributed by atoms with Crippen molar-refractivity contribution in [3.05, 3.63) is 21.9 Å². The van der Waals surface area contributed by atoms with Gasteiger partial charge in [-0.15, -0.1) is 11.3 Å². The zero-order chi connectivity index (χ0) is 13.3. The number of aliphatic carboxylic acids is 1. The van der Waals surface area contributed by atoms with Crippen LogP contribution in [0.3, 0.4) is 0 Å². The minimum atomic E-state index is -0.993. The standard InChI is InChI=1S/C11H12N2O4S/c12-9(14)6-4-8(18-5-6)10(15)13-3-1-2-7(13)11(16)17/h4-5,7H,1-3H2,(H2,12,14)(H,16,17)/t7-/m1/s1. The van der Waals surface area contributed by atoms with Crippen LogP contribution in [0.5, 0.6) is 0 Å². The molecular formula is C11H12N2O4S. The van der Waals surface area contributed by atoms with Crippen molar-refractivity contribution in [3.8, 4) is 0 Å². The molecule has 2 rings (SSSR count). The largest absolute Gasteiger partial charge is 0.480 e. The Morgan fingerprint density at radius 3 is 2.72 bits per heavy atom. The summed E-state index contributed by atoms with van der Waals surface area (Å²) in [6.45, 7) is 0.430. The lowest BCUT2D eigenvalue weighted by molar-refractivity contribution is -0.141. The number of primary amides is 1. The Kier molecular flexibility index (Phi) is 3.33. The highest BCUT2D eigenvalue weighted by atomic mass is 32.1. The first-order chi connectivity index (χ1) is 8.50. The Labute approximate surface area is 107 Å².